The molecule has 0 saturated carbocycles. The second kappa shape index (κ2) is 5.89. The number of aromatic nitrogens is 1. The Labute approximate surface area is 126 Å². The minimum Gasteiger partial charge on any atom is -0.493 e. The average molecular weight is 295 g/mol. The highest BCUT2D eigenvalue weighted by Crippen LogP contribution is 2.24. The van der Waals surface area contributed by atoms with Crippen molar-refractivity contribution in [1.82, 2.24) is 4.98 Å². The normalized spacial score (nSPS) is 10.5. The number of aromatic hydroxyl groups is 1. The highest BCUT2D eigenvalue weighted by atomic mass is 32.1. The van der Waals surface area contributed by atoms with E-state index in [4.69, 9.17) is 0 Å². The van der Waals surface area contributed by atoms with Gasteiger partial charge >= 0.3 is 0 Å². The van der Waals surface area contributed by atoms with Gasteiger partial charge < -0.3 is 5.11 Å². The molecule has 0 spiro atoms. The third kappa shape index (κ3) is 3.01. The first kappa shape index (κ1) is 13.5. The van der Waals surface area contributed by atoms with Crippen LogP contribution in [0.2, 0.25) is 0 Å². The zero-order chi connectivity index (χ0) is 14.7. The largest absolute Gasteiger partial charge is 0.493 e. The van der Waals surface area contributed by atoms with Gasteiger partial charge in [-0.2, -0.15) is 0 Å². The quantitative estimate of drug-likeness (QED) is 0.805. The van der Waals surface area contributed by atoms with E-state index in [9.17, 15) is 9.90 Å². The SMILES string of the molecule is O=c1sc(-c2ccccc2)nc(O)c1Cc1ccccc1. The van der Waals surface area contributed by atoms with Gasteiger partial charge in [-0.25, -0.2) is 4.98 Å². The molecule has 0 radical (unpaired) electrons. The van der Waals surface area contributed by atoms with Crippen LogP contribution < -0.4 is 4.74 Å². The van der Waals surface area contributed by atoms with Crippen LogP contribution in [0.4, 0.5) is 0 Å². The molecule has 4 heteroatoms. The zero-order valence-corrected chi connectivity index (χ0v) is 12.0. The summed E-state index contributed by atoms with van der Waals surface area (Å²) in [6.07, 6.45) is 0.393. The van der Waals surface area contributed by atoms with Crippen molar-refractivity contribution in [2.45, 2.75) is 6.42 Å². The summed E-state index contributed by atoms with van der Waals surface area (Å²) < 4.78 is -0.148. The number of benzene rings is 2. The summed E-state index contributed by atoms with van der Waals surface area (Å²) in [5.74, 6) is -0.179. The van der Waals surface area contributed by atoms with Gasteiger partial charge in [-0.1, -0.05) is 72.0 Å². The predicted octanol–water partition coefficient (Wildman–Crippen LogP) is 3.47. The molecule has 21 heavy (non-hydrogen) atoms. The van der Waals surface area contributed by atoms with E-state index in [2.05, 4.69) is 4.98 Å². The van der Waals surface area contributed by atoms with Crippen LogP contribution >= 0.6 is 11.3 Å². The maximum atomic E-state index is 12.3. The van der Waals surface area contributed by atoms with E-state index < -0.39 is 0 Å². The third-order valence-electron chi connectivity index (χ3n) is 3.16. The Morgan fingerprint density at radius 1 is 0.952 bits per heavy atom. The fourth-order valence-electron chi connectivity index (χ4n) is 2.08. The first-order chi connectivity index (χ1) is 10.2. The summed E-state index contributed by atoms with van der Waals surface area (Å²) in [6.45, 7) is 0. The molecule has 0 unspecified atom stereocenters. The molecular formula is C17H13NO2S. The first-order valence-corrected chi connectivity index (χ1v) is 7.38. The van der Waals surface area contributed by atoms with Crippen LogP contribution in [-0.2, 0) is 6.42 Å². The van der Waals surface area contributed by atoms with Crippen LogP contribution in [-0.4, -0.2) is 10.1 Å². The van der Waals surface area contributed by atoms with Crippen molar-refractivity contribution in [3.63, 3.8) is 0 Å². The molecule has 1 N–H and O–H groups in total. The van der Waals surface area contributed by atoms with Gasteiger partial charge in [0.05, 0.1) is 5.56 Å². The second-order valence-electron chi connectivity index (χ2n) is 4.64. The summed E-state index contributed by atoms with van der Waals surface area (Å²) in [7, 11) is 0. The Hall–Kier alpha value is -2.46. The molecule has 0 amide bonds. The molecule has 0 aliphatic rings. The topological polar surface area (TPSA) is 50.2 Å². The lowest BCUT2D eigenvalue weighted by molar-refractivity contribution is 0.448. The van der Waals surface area contributed by atoms with E-state index in [1.807, 2.05) is 60.7 Å². The number of nitrogens with zero attached hydrogens (tertiary/aromatic N) is 1. The smallest absolute Gasteiger partial charge is 0.243 e. The summed E-state index contributed by atoms with van der Waals surface area (Å²) >= 11 is 1.06. The monoisotopic (exact) mass is 295 g/mol. The van der Waals surface area contributed by atoms with Gasteiger partial charge in [-0.3, -0.25) is 4.79 Å². The predicted molar refractivity (Wildman–Crippen MR) is 84.7 cm³/mol. The van der Waals surface area contributed by atoms with Crippen molar-refractivity contribution < 1.29 is 5.11 Å². The molecule has 1 heterocycles. The van der Waals surface area contributed by atoms with Gasteiger partial charge in [-0.05, 0) is 5.56 Å². The summed E-state index contributed by atoms with van der Waals surface area (Å²) in [6, 6.07) is 19.0. The van der Waals surface area contributed by atoms with Gasteiger partial charge in [0.1, 0.15) is 5.01 Å². The van der Waals surface area contributed by atoms with Crippen LogP contribution in [0, 0.1) is 0 Å². The number of hydrogen-bond acceptors (Lipinski definition) is 4. The van der Waals surface area contributed by atoms with E-state index in [0.717, 1.165) is 22.5 Å². The minimum atomic E-state index is -0.179. The Balaban J connectivity index is 1.99. The average Bonchev–Trinajstić information content (AvgIpc) is 2.52. The number of hydrogen-bond donors (Lipinski definition) is 1. The van der Waals surface area contributed by atoms with E-state index >= 15 is 0 Å². The molecule has 3 nitrogen and oxygen atoms in total. The Morgan fingerprint density at radius 3 is 2.19 bits per heavy atom. The second-order valence-corrected chi connectivity index (χ2v) is 5.60. The molecule has 0 fully saturated rings. The van der Waals surface area contributed by atoms with Gasteiger partial charge in [0.15, 0.2) is 0 Å². The van der Waals surface area contributed by atoms with Crippen molar-refractivity contribution in [3.8, 4) is 16.5 Å². The fourth-order valence-corrected chi connectivity index (χ4v) is 2.93. The molecular weight excluding hydrogens is 282 g/mol. The van der Waals surface area contributed by atoms with Gasteiger partial charge in [-0.15, -0.1) is 0 Å². The van der Waals surface area contributed by atoms with Gasteiger partial charge in [0.2, 0.25) is 10.6 Å². The van der Waals surface area contributed by atoms with E-state index in [0.29, 0.717) is 17.0 Å². The van der Waals surface area contributed by atoms with Crippen molar-refractivity contribution in [2.75, 3.05) is 0 Å². The minimum absolute atomic E-state index is 0.148. The highest BCUT2D eigenvalue weighted by molar-refractivity contribution is 7.12. The molecule has 2 aromatic carbocycles. The van der Waals surface area contributed by atoms with Gasteiger partial charge in [0.25, 0.3) is 0 Å². The summed E-state index contributed by atoms with van der Waals surface area (Å²) in [4.78, 5) is 16.4. The molecule has 0 aliphatic carbocycles. The van der Waals surface area contributed by atoms with E-state index in [1.54, 1.807) is 0 Å². The van der Waals surface area contributed by atoms with Crippen LogP contribution in [0.25, 0.3) is 10.6 Å². The van der Waals surface area contributed by atoms with Crippen LogP contribution in [0.5, 0.6) is 5.88 Å². The van der Waals surface area contributed by atoms with Crippen LogP contribution in [0.15, 0.2) is 65.5 Å². The van der Waals surface area contributed by atoms with E-state index in [-0.39, 0.29) is 10.6 Å². The highest BCUT2D eigenvalue weighted by Gasteiger charge is 2.12. The summed E-state index contributed by atoms with van der Waals surface area (Å²) in [5.41, 5.74) is 2.17. The lowest BCUT2D eigenvalue weighted by atomic mass is 10.1. The van der Waals surface area contributed by atoms with Crippen LogP contribution in [0.3, 0.4) is 0 Å². The molecule has 0 aliphatic heterocycles. The molecule has 0 bridgehead atoms. The molecule has 0 atom stereocenters. The van der Waals surface area contributed by atoms with Crippen molar-refractivity contribution >= 4 is 11.3 Å². The fraction of sp³-hybridized carbons (Fsp3) is 0.0588. The first-order valence-electron chi connectivity index (χ1n) is 6.56. The van der Waals surface area contributed by atoms with E-state index in [1.165, 1.54) is 0 Å². The lowest BCUT2D eigenvalue weighted by Gasteiger charge is -2.05. The third-order valence-corrected chi connectivity index (χ3v) is 4.11. The maximum absolute atomic E-state index is 12.3. The zero-order valence-electron chi connectivity index (χ0n) is 11.2. The van der Waals surface area contributed by atoms with Crippen molar-refractivity contribution in [3.05, 3.63) is 81.3 Å². The molecule has 3 aromatic rings. The maximum Gasteiger partial charge on any atom is 0.243 e. The van der Waals surface area contributed by atoms with Crippen LogP contribution in [0.1, 0.15) is 11.1 Å². The molecule has 104 valence electrons. The van der Waals surface area contributed by atoms with Crippen molar-refractivity contribution in [1.29, 1.82) is 0 Å². The Bertz CT molecular complexity index is 798. The summed E-state index contributed by atoms with van der Waals surface area (Å²) in [5, 5.41) is 10.6. The molecule has 1 aromatic heterocycles. The Morgan fingerprint density at radius 2 is 1.57 bits per heavy atom. The lowest BCUT2D eigenvalue weighted by Crippen LogP contribution is -2.07. The Kier molecular flexibility index (Phi) is 3.79. The van der Waals surface area contributed by atoms with Gasteiger partial charge in [0, 0.05) is 12.0 Å². The standard InChI is InChI=1S/C17H13NO2S/c19-15-14(11-12-7-3-1-4-8-12)17(20)21-16(18-15)13-9-5-2-6-10-13/h1-10,19H,11H2. The number of rotatable bonds is 3. The molecule has 0 saturated heterocycles. The van der Waals surface area contributed by atoms with Crippen molar-refractivity contribution in [2.24, 2.45) is 0 Å². The molecule has 3 rings (SSSR count).